The molecule has 122 valence electrons. The van der Waals surface area contributed by atoms with Crippen molar-refractivity contribution in [2.45, 2.75) is 6.42 Å². The van der Waals surface area contributed by atoms with Crippen molar-refractivity contribution in [3.05, 3.63) is 65.3 Å². The lowest BCUT2D eigenvalue weighted by Crippen LogP contribution is -2.36. The first-order valence-corrected chi connectivity index (χ1v) is 7.91. The summed E-state index contributed by atoms with van der Waals surface area (Å²) in [5.41, 5.74) is 2.64. The predicted octanol–water partition coefficient (Wildman–Crippen LogP) is 3.12. The van der Waals surface area contributed by atoms with Crippen molar-refractivity contribution in [2.75, 3.05) is 11.9 Å². The van der Waals surface area contributed by atoms with Gasteiger partial charge in [0.15, 0.2) is 0 Å². The molecule has 3 rings (SSSR count). The molecule has 6 heteroatoms. The third kappa shape index (κ3) is 3.75. The Hall–Kier alpha value is -2.79. The Bertz CT molecular complexity index is 889. The van der Waals surface area contributed by atoms with E-state index >= 15 is 0 Å². The molecule has 24 heavy (non-hydrogen) atoms. The number of para-hydroxylation sites is 1. The molecule has 0 saturated heterocycles. The van der Waals surface area contributed by atoms with E-state index < -0.39 is 11.8 Å². The van der Waals surface area contributed by atoms with Crippen LogP contribution in [0.1, 0.15) is 5.56 Å². The van der Waals surface area contributed by atoms with Gasteiger partial charge in [-0.05, 0) is 36.2 Å². The number of fused-ring (bicyclic) bond motifs is 1. The van der Waals surface area contributed by atoms with Crippen LogP contribution >= 0.6 is 11.6 Å². The molecular weight excluding hydrogens is 326 g/mol. The van der Waals surface area contributed by atoms with E-state index in [1.54, 1.807) is 24.3 Å². The van der Waals surface area contributed by atoms with Crippen LogP contribution in [0, 0.1) is 0 Å². The van der Waals surface area contributed by atoms with Crippen LogP contribution in [0.25, 0.3) is 10.9 Å². The number of carbonyl (C=O) groups excluding carboxylic acids is 2. The zero-order valence-corrected chi connectivity index (χ0v) is 13.6. The number of amides is 2. The first-order valence-electron chi connectivity index (χ1n) is 7.53. The van der Waals surface area contributed by atoms with Crippen LogP contribution in [-0.2, 0) is 16.0 Å². The average molecular weight is 342 g/mol. The number of anilines is 1. The number of halogens is 1. The minimum atomic E-state index is -0.712. The molecule has 5 nitrogen and oxygen atoms in total. The Kier molecular flexibility index (Phi) is 4.82. The molecule has 0 spiro atoms. The molecule has 0 saturated carbocycles. The molecule has 3 aromatic rings. The van der Waals surface area contributed by atoms with Crippen molar-refractivity contribution in [3.8, 4) is 0 Å². The van der Waals surface area contributed by atoms with E-state index in [0.29, 0.717) is 23.7 Å². The summed E-state index contributed by atoms with van der Waals surface area (Å²) in [6.45, 7) is 0.379. The molecule has 0 atom stereocenters. The van der Waals surface area contributed by atoms with E-state index in [4.69, 9.17) is 11.6 Å². The van der Waals surface area contributed by atoms with Crippen LogP contribution in [0.2, 0.25) is 5.02 Å². The molecule has 1 aromatic heterocycles. The summed E-state index contributed by atoms with van der Waals surface area (Å²) in [4.78, 5) is 26.9. The summed E-state index contributed by atoms with van der Waals surface area (Å²) in [6.07, 6.45) is 2.56. The molecule has 0 bridgehead atoms. The Balaban J connectivity index is 1.53. The quantitative estimate of drug-likeness (QED) is 0.638. The summed E-state index contributed by atoms with van der Waals surface area (Å²) in [5, 5.41) is 6.75. The number of benzene rings is 2. The van der Waals surface area contributed by atoms with Crippen molar-refractivity contribution in [3.63, 3.8) is 0 Å². The number of H-pyrrole nitrogens is 1. The number of nitrogens with one attached hydrogen (secondary N) is 3. The summed E-state index contributed by atoms with van der Waals surface area (Å²) in [5.74, 6) is -1.38. The molecule has 2 amide bonds. The van der Waals surface area contributed by atoms with E-state index in [0.717, 1.165) is 16.5 Å². The second kappa shape index (κ2) is 7.19. The largest absolute Gasteiger partial charge is 0.361 e. The Morgan fingerprint density at radius 1 is 1.04 bits per heavy atom. The molecule has 0 aliphatic carbocycles. The lowest BCUT2D eigenvalue weighted by Gasteiger charge is -2.06. The van der Waals surface area contributed by atoms with Gasteiger partial charge in [-0.1, -0.05) is 35.9 Å². The van der Waals surface area contributed by atoms with Crippen LogP contribution in [0.3, 0.4) is 0 Å². The van der Waals surface area contributed by atoms with Crippen molar-refractivity contribution < 1.29 is 9.59 Å². The zero-order chi connectivity index (χ0) is 16.9. The number of hydrogen-bond donors (Lipinski definition) is 3. The maximum Gasteiger partial charge on any atom is 0.313 e. The van der Waals surface area contributed by atoms with Gasteiger partial charge < -0.3 is 15.6 Å². The summed E-state index contributed by atoms with van der Waals surface area (Å²) < 4.78 is 0. The lowest BCUT2D eigenvalue weighted by atomic mass is 10.1. The Morgan fingerprint density at radius 2 is 1.88 bits per heavy atom. The second-order valence-electron chi connectivity index (χ2n) is 5.33. The number of carbonyl (C=O) groups is 2. The molecule has 2 aromatic carbocycles. The number of rotatable bonds is 4. The van der Waals surface area contributed by atoms with Crippen molar-refractivity contribution in [1.82, 2.24) is 10.3 Å². The fraction of sp³-hybridized carbons (Fsp3) is 0.111. The van der Waals surface area contributed by atoms with Crippen LogP contribution in [-0.4, -0.2) is 23.3 Å². The third-order valence-electron chi connectivity index (χ3n) is 3.64. The van der Waals surface area contributed by atoms with Crippen LogP contribution in [0.4, 0.5) is 5.69 Å². The first-order chi connectivity index (χ1) is 11.6. The van der Waals surface area contributed by atoms with Crippen LogP contribution in [0.5, 0.6) is 0 Å². The van der Waals surface area contributed by atoms with Gasteiger partial charge in [-0.2, -0.15) is 0 Å². The molecule has 3 N–H and O–H groups in total. The SMILES string of the molecule is O=C(NCCc1c[nH]c2ccccc12)C(=O)Nc1cccc(Cl)c1. The third-order valence-corrected chi connectivity index (χ3v) is 3.88. The van der Waals surface area contributed by atoms with E-state index in [-0.39, 0.29) is 0 Å². The molecular formula is C18H16ClN3O2. The van der Waals surface area contributed by atoms with Gasteiger partial charge in [0.2, 0.25) is 0 Å². The lowest BCUT2D eigenvalue weighted by molar-refractivity contribution is -0.136. The average Bonchev–Trinajstić information content (AvgIpc) is 2.98. The van der Waals surface area contributed by atoms with Gasteiger partial charge in [0.1, 0.15) is 0 Å². The first kappa shape index (κ1) is 16.1. The van der Waals surface area contributed by atoms with Crippen molar-refractivity contribution >= 4 is 40.0 Å². The maximum absolute atomic E-state index is 11.9. The van der Waals surface area contributed by atoms with Gasteiger partial charge in [-0.25, -0.2) is 0 Å². The maximum atomic E-state index is 11.9. The van der Waals surface area contributed by atoms with Crippen LogP contribution < -0.4 is 10.6 Å². The summed E-state index contributed by atoms with van der Waals surface area (Å²) >= 11 is 5.84. The number of aromatic amines is 1. The van der Waals surface area contributed by atoms with Gasteiger partial charge >= 0.3 is 11.8 Å². The summed E-state index contributed by atoms with van der Waals surface area (Å²) in [6, 6.07) is 14.6. The predicted molar refractivity (Wildman–Crippen MR) is 95.1 cm³/mol. The topological polar surface area (TPSA) is 74.0 Å². The highest BCUT2D eigenvalue weighted by Gasteiger charge is 2.13. The molecule has 0 aliphatic rings. The molecule has 0 aliphatic heterocycles. The van der Waals surface area contributed by atoms with E-state index in [1.807, 2.05) is 30.5 Å². The van der Waals surface area contributed by atoms with Gasteiger partial charge in [0.05, 0.1) is 0 Å². The highest BCUT2D eigenvalue weighted by atomic mass is 35.5. The minimum Gasteiger partial charge on any atom is -0.361 e. The van der Waals surface area contributed by atoms with E-state index in [9.17, 15) is 9.59 Å². The van der Waals surface area contributed by atoms with E-state index in [2.05, 4.69) is 15.6 Å². The highest BCUT2D eigenvalue weighted by Crippen LogP contribution is 2.17. The smallest absolute Gasteiger partial charge is 0.313 e. The van der Waals surface area contributed by atoms with Gasteiger partial charge in [0, 0.05) is 34.4 Å². The number of aromatic nitrogens is 1. The van der Waals surface area contributed by atoms with Gasteiger partial charge in [-0.3, -0.25) is 9.59 Å². The fourth-order valence-electron chi connectivity index (χ4n) is 2.48. The van der Waals surface area contributed by atoms with Crippen molar-refractivity contribution in [1.29, 1.82) is 0 Å². The molecule has 0 fully saturated rings. The Morgan fingerprint density at radius 3 is 2.71 bits per heavy atom. The summed E-state index contributed by atoms with van der Waals surface area (Å²) in [7, 11) is 0. The van der Waals surface area contributed by atoms with Gasteiger partial charge in [-0.15, -0.1) is 0 Å². The van der Waals surface area contributed by atoms with E-state index in [1.165, 1.54) is 0 Å². The number of hydrogen-bond acceptors (Lipinski definition) is 2. The fourth-order valence-corrected chi connectivity index (χ4v) is 2.67. The minimum absolute atomic E-state index is 0.379. The highest BCUT2D eigenvalue weighted by molar-refractivity contribution is 6.39. The molecule has 0 radical (unpaired) electrons. The van der Waals surface area contributed by atoms with Crippen molar-refractivity contribution in [2.24, 2.45) is 0 Å². The normalized spacial score (nSPS) is 10.5. The second-order valence-corrected chi connectivity index (χ2v) is 5.77. The zero-order valence-electron chi connectivity index (χ0n) is 12.8. The standard InChI is InChI=1S/C18H16ClN3O2/c19-13-4-3-5-14(10-13)22-18(24)17(23)20-9-8-12-11-21-16-7-2-1-6-15(12)16/h1-7,10-11,21H,8-9H2,(H,20,23)(H,22,24). The monoisotopic (exact) mass is 341 g/mol. The van der Waals surface area contributed by atoms with Crippen LogP contribution in [0.15, 0.2) is 54.7 Å². The molecule has 0 unspecified atom stereocenters. The van der Waals surface area contributed by atoms with Gasteiger partial charge in [0.25, 0.3) is 0 Å². The molecule has 1 heterocycles. The Labute approximate surface area is 144 Å².